The molecule has 0 unspecified atom stereocenters. The number of fused-ring (bicyclic) bond motifs is 1. The number of nitrogens with two attached hydrogens (primary N) is 1. The van der Waals surface area contributed by atoms with Gasteiger partial charge in [-0.3, -0.25) is 4.79 Å². The van der Waals surface area contributed by atoms with Crippen LogP contribution < -0.4 is 11.1 Å². The third-order valence-electron chi connectivity index (χ3n) is 4.21. The number of rotatable bonds is 3. The highest BCUT2D eigenvalue weighted by molar-refractivity contribution is 5.99. The summed E-state index contributed by atoms with van der Waals surface area (Å²) in [6.07, 6.45) is 1.82. The largest absolute Gasteiger partial charge is 0.441 e. The number of hydrogen-bond acceptors (Lipinski definition) is 5. The highest BCUT2D eigenvalue weighted by Crippen LogP contribution is 2.26. The van der Waals surface area contributed by atoms with Crippen LogP contribution in [-0.4, -0.2) is 29.6 Å². The summed E-state index contributed by atoms with van der Waals surface area (Å²) in [5.41, 5.74) is 7.59. The molecule has 0 aliphatic carbocycles. The quantitative estimate of drug-likeness (QED) is 0.868. The van der Waals surface area contributed by atoms with Gasteiger partial charge in [0, 0.05) is 25.3 Å². The summed E-state index contributed by atoms with van der Waals surface area (Å²) in [5, 5.41) is 2.90. The molecule has 6 nitrogen and oxygen atoms in total. The molecule has 1 amide bonds. The van der Waals surface area contributed by atoms with Gasteiger partial charge >= 0.3 is 0 Å². The number of anilines is 1. The van der Waals surface area contributed by atoms with E-state index in [4.69, 9.17) is 14.9 Å². The van der Waals surface area contributed by atoms with Gasteiger partial charge in [-0.05, 0) is 36.5 Å². The summed E-state index contributed by atoms with van der Waals surface area (Å²) >= 11 is 0. The van der Waals surface area contributed by atoms with Crippen LogP contribution in [0.5, 0.6) is 0 Å². The first-order chi connectivity index (χ1) is 11.3. The maximum absolute atomic E-state index is 12.5. The van der Waals surface area contributed by atoms with Crippen molar-refractivity contribution in [3.05, 3.63) is 24.1 Å². The van der Waals surface area contributed by atoms with Gasteiger partial charge in [0.25, 0.3) is 0 Å². The summed E-state index contributed by atoms with van der Waals surface area (Å²) in [7, 11) is 0. The fourth-order valence-corrected chi connectivity index (χ4v) is 2.80. The number of ether oxygens (including phenoxy) is 1. The number of nitrogens with zero attached hydrogens (tertiary/aromatic N) is 1. The van der Waals surface area contributed by atoms with Gasteiger partial charge in [-0.1, -0.05) is 20.8 Å². The number of carbonyl (C=O) groups excluding carboxylic acids is 1. The van der Waals surface area contributed by atoms with Crippen molar-refractivity contribution in [1.29, 1.82) is 0 Å². The molecule has 0 saturated carbocycles. The van der Waals surface area contributed by atoms with Gasteiger partial charge in [-0.15, -0.1) is 12.4 Å². The van der Waals surface area contributed by atoms with Crippen LogP contribution in [0.3, 0.4) is 0 Å². The summed E-state index contributed by atoms with van der Waals surface area (Å²) in [6.45, 7) is 7.46. The average molecular weight is 368 g/mol. The second-order valence-electron chi connectivity index (χ2n) is 7.75. The van der Waals surface area contributed by atoms with Gasteiger partial charge in [0.2, 0.25) is 5.91 Å². The Morgan fingerprint density at radius 3 is 2.64 bits per heavy atom. The minimum absolute atomic E-state index is 0. The van der Waals surface area contributed by atoms with E-state index in [1.54, 1.807) is 0 Å². The zero-order valence-electron chi connectivity index (χ0n) is 14.9. The lowest BCUT2D eigenvalue weighted by molar-refractivity contribution is -0.124. The van der Waals surface area contributed by atoms with Gasteiger partial charge in [-0.25, -0.2) is 4.98 Å². The molecule has 1 aliphatic rings. The van der Waals surface area contributed by atoms with Crippen LogP contribution in [-0.2, 0) is 16.0 Å². The molecule has 1 aromatic carbocycles. The topological polar surface area (TPSA) is 90.4 Å². The van der Waals surface area contributed by atoms with E-state index < -0.39 is 5.54 Å². The maximum Gasteiger partial charge on any atom is 0.244 e. The Bertz CT molecular complexity index is 746. The van der Waals surface area contributed by atoms with E-state index in [0.29, 0.717) is 37.6 Å². The molecule has 0 spiro atoms. The smallest absolute Gasteiger partial charge is 0.244 e. The number of carbonyl (C=O) groups is 1. The lowest BCUT2D eigenvalue weighted by Gasteiger charge is -2.31. The molecule has 25 heavy (non-hydrogen) atoms. The maximum atomic E-state index is 12.5. The molecule has 0 radical (unpaired) electrons. The fraction of sp³-hybridized carbons (Fsp3) is 0.556. The minimum Gasteiger partial charge on any atom is -0.441 e. The Labute approximate surface area is 153 Å². The predicted octanol–water partition coefficient (Wildman–Crippen LogP) is 3.28. The van der Waals surface area contributed by atoms with E-state index in [-0.39, 0.29) is 23.7 Å². The van der Waals surface area contributed by atoms with E-state index in [1.807, 2.05) is 18.2 Å². The Balaban J connectivity index is 0.00000225. The molecular formula is C18H26ClN3O3. The molecule has 1 aliphatic heterocycles. The van der Waals surface area contributed by atoms with Crippen molar-refractivity contribution in [2.75, 3.05) is 18.5 Å². The van der Waals surface area contributed by atoms with Crippen molar-refractivity contribution in [1.82, 2.24) is 4.98 Å². The van der Waals surface area contributed by atoms with E-state index >= 15 is 0 Å². The third-order valence-corrected chi connectivity index (χ3v) is 4.21. The molecular weight excluding hydrogens is 342 g/mol. The zero-order chi connectivity index (χ0) is 17.4. The van der Waals surface area contributed by atoms with Crippen molar-refractivity contribution in [2.24, 2.45) is 11.1 Å². The molecule has 3 rings (SSSR count). The van der Waals surface area contributed by atoms with Crippen LogP contribution in [0.15, 0.2) is 22.6 Å². The summed E-state index contributed by atoms with van der Waals surface area (Å²) < 4.78 is 11.1. The predicted molar refractivity (Wildman–Crippen MR) is 100 cm³/mol. The molecule has 0 bridgehead atoms. The van der Waals surface area contributed by atoms with Crippen LogP contribution in [0.4, 0.5) is 5.69 Å². The average Bonchev–Trinajstić information content (AvgIpc) is 2.87. The van der Waals surface area contributed by atoms with E-state index in [0.717, 1.165) is 17.5 Å². The SMILES string of the molecule is CC(C)(C)Cc1nc2cc(NC(=O)C3(N)CCOCC3)ccc2o1.Cl. The Kier molecular flexibility index (Phi) is 5.76. The summed E-state index contributed by atoms with van der Waals surface area (Å²) in [5.74, 6) is 0.532. The van der Waals surface area contributed by atoms with Crippen molar-refractivity contribution < 1.29 is 13.9 Å². The van der Waals surface area contributed by atoms with Crippen molar-refractivity contribution in [3.63, 3.8) is 0 Å². The second kappa shape index (κ2) is 7.32. The summed E-state index contributed by atoms with van der Waals surface area (Å²) in [6, 6.07) is 5.47. The van der Waals surface area contributed by atoms with E-state index in [9.17, 15) is 4.79 Å². The van der Waals surface area contributed by atoms with Crippen molar-refractivity contribution in [2.45, 2.75) is 45.6 Å². The molecule has 138 valence electrons. The first-order valence-electron chi connectivity index (χ1n) is 8.33. The molecule has 7 heteroatoms. The highest BCUT2D eigenvalue weighted by atomic mass is 35.5. The normalized spacial score (nSPS) is 17.1. The van der Waals surface area contributed by atoms with Gasteiger partial charge < -0.3 is 20.2 Å². The van der Waals surface area contributed by atoms with Gasteiger partial charge in [-0.2, -0.15) is 0 Å². The Hall–Kier alpha value is -1.63. The van der Waals surface area contributed by atoms with Crippen LogP contribution in [0.1, 0.15) is 39.5 Å². The van der Waals surface area contributed by atoms with Crippen LogP contribution in [0.25, 0.3) is 11.1 Å². The molecule has 1 fully saturated rings. The molecule has 2 aromatic rings. The lowest BCUT2D eigenvalue weighted by Crippen LogP contribution is -2.54. The number of oxazole rings is 1. The van der Waals surface area contributed by atoms with E-state index in [1.165, 1.54) is 0 Å². The fourth-order valence-electron chi connectivity index (χ4n) is 2.80. The monoisotopic (exact) mass is 367 g/mol. The number of amides is 1. The summed E-state index contributed by atoms with van der Waals surface area (Å²) in [4.78, 5) is 17.0. The third kappa shape index (κ3) is 4.71. The molecule has 1 aromatic heterocycles. The van der Waals surface area contributed by atoms with Crippen molar-refractivity contribution in [3.8, 4) is 0 Å². The number of benzene rings is 1. The standard InChI is InChI=1S/C18H25N3O3.ClH/c1-17(2,3)11-15-21-13-10-12(4-5-14(13)24-15)20-16(22)18(19)6-8-23-9-7-18;/h4-5,10H,6-9,11,19H2,1-3H3,(H,20,22);1H. The molecule has 1 saturated heterocycles. The molecule has 2 heterocycles. The first-order valence-corrected chi connectivity index (χ1v) is 8.33. The lowest BCUT2D eigenvalue weighted by atomic mass is 9.90. The number of nitrogens with one attached hydrogen (secondary N) is 1. The van der Waals surface area contributed by atoms with Gasteiger partial charge in [0.05, 0.1) is 0 Å². The molecule has 0 atom stereocenters. The first kappa shape index (κ1) is 19.7. The van der Waals surface area contributed by atoms with Crippen LogP contribution in [0.2, 0.25) is 0 Å². The Morgan fingerprint density at radius 2 is 2.00 bits per heavy atom. The number of halogens is 1. The molecule has 3 N–H and O–H groups in total. The number of aromatic nitrogens is 1. The van der Waals surface area contributed by atoms with Crippen LogP contribution >= 0.6 is 12.4 Å². The highest BCUT2D eigenvalue weighted by Gasteiger charge is 2.35. The van der Waals surface area contributed by atoms with Crippen LogP contribution in [0, 0.1) is 5.41 Å². The minimum atomic E-state index is -0.867. The second-order valence-corrected chi connectivity index (χ2v) is 7.75. The van der Waals surface area contributed by atoms with E-state index in [2.05, 4.69) is 31.1 Å². The zero-order valence-corrected chi connectivity index (χ0v) is 15.7. The number of hydrogen-bond donors (Lipinski definition) is 2. The Morgan fingerprint density at radius 1 is 1.32 bits per heavy atom. The van der Waals surface area contributed by atoms with Gasteiger partial charge in [0.15, 0.2) is 11.5 Å². The van der Waals surface area contributed by atoms with Gasteiger partial charge in [0.1, 0.15) is 11.1 Å². The van der Waals surface area contributed by atoms with Crippen molar-refractivity contribution >= 4 is 35.1 Å².